The van der Waals surface area contributed by atoms with Crippen LogP contribution in [-0.2, 0) is 0 Å². The summed E-state index contributed by atoms with van der Waals surface area (Å²) < 4.78 is 33.6. The van der Waals surface area contributed by atoms with Crippen LogP contribution < -0.4 is 4.74 Å². The average molecular weight is 329 g/mol. The number of ether oxygens (including phenoxy) is 1. The number of hydrogen-bond donors (Lipinski definition) is 1. The van der Waals surface area contributed by atoms with Crippen molar-refractivity contribution < 1.29 is 18.6 Å². The first-order chi connectivity index (χ1) is 11.5. The van der Waals surface area contributed by atoms with Crippen LogP contribution in [0, 0.1) is 17.6 Å². The molecule has 3 rings (SSSR count). The van der Waals surface area contributed by atoms with Gasteiger partial charge in [-0.3, -0.25) is 0 Å². The zero-order chi connectivity index (χ0) is 17.3. The van der Waals surface area contributed by atoms with Gasteiger partial charge < -0.3 is 9.84 Å². The van der Waals surface area contributed by atoms with Crippen LogP contribution in [0.15, 0.2) is 48.7 Å². The van der Waals surface area contributed by atoms with Crippen LogP contribution in [0.4, 0.5) is 8.78 Å². The Morgan fingerprint density at radius 2 is 1.75 bits per heavy atom. The maximum Gasteiger partial charge on any atom is 0.149 e. The molecule has 1 atom stereocenters. The number of hydrogen-bond acceptors (Lipinski definition) is 3. The van der Waals surface area contributed by atoms with Crippen LogP contribution in [0.25, 0.3) is 10.9 Å². The van der Waals surface area contributed by atoms with E-state index in [9.17, 15) is 13.9 Å². The Bertz CT molecular complexity index is 880. The quantitative estimate of drug-likeness (QED) is 0.733. The molecule has 0 spiro atoms. The molecule has 3 aromatic rings. The van der Waals surface area contributed by atoms with Crippen LogP contribution >= 0.6 is 0 Å². The van der Waals surface area contributed by atoms with Crippen molar-refractivity contribution in [3.63, 3.8) is 0 Å². The third kappa shape index (κ3) is 3.08. The molecule has 0 fully saturated rings. The van der Waals surface area contributed by atoms with E-state index >= 15 is 0 Å². The molecule has 0 amide bonds. The maximum atomic E-state index is 14.2. The summed E-state index contributed by atoms with van der Waals surface area (Å²) in [6, 6.07) is 10.6. The maximum absolute atomic E-state index is 14.2. The smallest absolute Gasteiger partial charge is 0.149 e. The number of pyridine rings is 1. The molecule has 5 heteroatoms. The Morgan fingerprint density at radius 1 is 1.04 bits per heavy atom. The van der Waals surface area contributed by atoms with E-state index in [0.717, 1.165) is 0 Å². The average Bonchev–Trinajstić information content (AvgIpc) is 2.54. The lowest BCUT2D eigenvalue weighted by Crippen LogP contribution is -2.09. The van der Waals surface area contributed by atoms with Crippen LogP contribution in [-0.4, -0.2) is 10.1 Å². The van der Waals surface area contributed by atoms with E-state index in [2.05, 4.69) is 4.98 Å². The first kappa shape index (κ1) is 16.3. The Kier molecular flexibility index (Phi) is 4.44. The summed E-state index contributed by atoms with van der Waals surface area (Å²) in [7, 11) is 0. The summed E-state index contributed by atoms with van der Waals surface area (Å²) >= 11 is 0. The normalized spacial score (nSPS) is 12.6. The van der Waals surface area contributed by atoms with Crippen molar-refractivity contribution in [3.8, 4) is 11.5 Å². The number of aliphatic hydroxyl groups excluding tert-OH is 1. The molecule has 0 bridgehead atoms. The molecule has 1 unspecified atom stereocenters. The van der Waals surface area contributed by atoms with Crippen molar-refractivity contribution in [2.24, 2.45) is 5.92 Å². The Labute approximate surface area is 138 Å². The highest BCUT2D eigenvalue weighted by Crippen LogP contribution is 2.35. The van der Waals surface area contributed by atoms with Crippen LogP contribution in [0.1, 0.15) is 25.5 Å². The Morgan fingerprint density at radius 3 is 2.50 bits per heavy atom. The summed E-state index contributed by atoms with van der Waals surface area (Å²) in [5.41, 5.74) is 0.346. The second-order valence-corrected chi connectivity index (χ2v) is 5.93. The summed E-state index contributed by atoms with van der Waals surface area (Å²) in [6.45, 7) is 3.59. The Hall–Kier alpha value is -2.53. The van der Waals surface area contributed by atoms with Gasteiger partial charge in [0.05, 0.1) is 17.9 Å². The van der Waals surface area contributed by atoms with Gasteiger partial charge in [-0.05, 0) is 30.2 Å². The van der Waals surface area contributed by atoms with Gasteiger partial charge in [0.1, 0.15) is 28.7 Å². The van der Waals surface area contributed by atoms with E-state index in [4.69, 9.17) is 4.74 Å². The minimum Gasteiger partial charge on any atom is -0.455 e. The number of nitrogens with zero attached hydrogens (tertiary/aromatic N) is 1. The number of rotatable bonds is 4. The van der Waals surface area contributed by atoms with Gasteiger partial charge in [-0.15, -0.1) is 0 Å². The molecule has 2 aromatic carbocycles. The molecule has 124 valence electrons. The fourth-order valence-electron chi connectivity index (χ4n) is 2.51. The molecular weight excluding hydrogens is 312 g/mol. The van der Waals surface area contributed by atoms with Gasteiger partial charge >= 0.3 is 0 Å². The number of aromatic nitrogens is 1. The van der Waals surface area contributed by atoms with Gasteiger partial charge in [-0.25, -0.2) is 13.8 Å². The van der Waals surface area contributed by atoms with Crippen molar-refractivity contribution in [1.82, 2.24) is 4.98 Å². The molecule has 0 aliphatic carbocycles. The molecule has 0 saturated carbocycles. The number of aliphatic hydroxyl groups is 1. The van der Waals surface area contributed by atoms with Gasteiger partial charge in [0.15, 0.2) is 0 Å². The second-order valence-electron chi connectivity index (χ2n) is 5.93. The van der Waals surface area contributed by atoms with Crippen molar-refractivity contribution in [2.75, 3.05) is 0 Å². The first-order valence-corrected chi connectivity index (χ1v) is 7.66. The third-order valence-electron chi connectivity index (χ3n) is 3.80. The van der Waals surface area contributed by atoms with Crippen LogP contribution in [0.2, 0.25) is 0 Å². The minimum absolute atomic E-state index is 0.104. The summed E-state index contributed by atoms with van der Waals surface area (Å²) in [5, 5.41) is 10.8. The molecule has 0 saturated heterocycles. The molecule has 0 radical (unpaired) electrons. The number of benzene rings is 2. The lowest BCUT2D eigenvalue weighted by molar-refractivity contribution is 0.120. The molecule has 0 aliphatic rings. The fourth-order valence-corrected chi connectivity index (χ4v) is 2.51. The number of fused-ring (bicyclic) bond motifs is 1. The van der Waals surface area contributed by atoms with Crippen molar-refractivity contribution in [1.29, 1.82) is 0 Å². The van der Waals surface area contributed by atoms with E-state index in [1.807, 2.05) is 0 Å². The predicted octanol–water partition coefficient (Wildman–Crippen LogP) is 4.99. The lowest BCUT2D eigenvalue weighted by Gasteiger charge is -2.19. The topological polar surface area (TPSA) is 42.4 Å². The summed E-state index contributed by atoms with van der Waals surface area (Å²) in [5.74, 6) is -0.563. The molecular formula is C19H17F2NO2. The predicted molar refractivity (Wildman–Crippen MR) is 88.0 cm³/mol. The second kappa shape index (κ2) is 6.53. The van der Waals surface area contributed by atoms with Gasteiger partial charge in [-0.1, -0.05) is 32.0 Å². The van der Waals surface area contributed by atoms with E-state index < -0.39 is 17.7 Å². The molecule has 1 heterocycles. The van der Waals surface area contributed by atoms with Gasteiger partial charge in [0.2, 0.25) is 0 Å². The number of halogens is 2. The molecule has 1 N–H and O–H groups in total. The third-order valence-corrected chi connectivity index (χ3v) is 3.80. The summed E-state index contributed by atoms with van der Waals surface area (Å²) in [6.07, 6.45) is 0.383. The monoisotopic (exact) mass is 329 g/mol. The summed E-state index contributed by atoms with van der Waals surface area (Å²) in [4.78, 5) is 4.05. The van der Waals surface area contributed by atoms with Crippen molar-refractivity contribution >= 4 is 10.9 Å². The van der Waals surface area contributed by atoms with Crippen LogP contribution in [0.5, 0.6) is 11.5 Å². The van der Waals surface area contributed by atoms with E-state index in [-0.39, 0.29) is 22.7 Å². The van der Waals surface area contributed by atoms with Crippen molar-refractivity contribution in [2.45, 2.75) is 20.0 Å². The van der Waals surface area contributed by atoms with Gasteiger partial charge in [-0.2, -0.15) is 0 Å². The highest BCUT2D eigenvalue weighted by atomic mass is 19.1. The number of para-hydroxylation sites is 1. The highest BCUT2D eigenvalue weighted by Gasteiger charge is 2.22. The van der Waals surface area contributed by atoms with E-state index in [1.54, 1.807) is 38.1 Å². The molecule has 1 aromatic heterocycles. The van der Waals surface area contributed by atoms with E-state index in [1.165, 1.54) is 24.4 Å². The highest BCUT2D eigenvalue weighted by molar-refractivity contribution is 5.80. The van der Waals surface area contributed by atoms with Crippen LogP contribution in [0.3, 0.4) is 0 Å². The molecule has 0 aliphatic heterocycles. The SMILES string of the molecule is CC(C)C(O)c1c(F)cccc1Oc1cnc2c(F)cccc2c1. The molecule has 3 nitrogen and oxygen atoms in total. The zero-order valence-electron chi connectivity index (χ0n) is 13.3. The Balaban J connectivity index is 2.01. The largest absolute Gasteiger partial charge is 0.455 e. The zero-order valence-corrected chi connectivity index (χ0v) is 13.3. The van der Waals surface area contributed by atoms with Gasteiger partial charge in [0.25, 0.3) is 0 Å². The van der Waals surface area contributed by atoms with E-state index in [0.29, 0.717) is 11.1 Å². The lowest BCUT2D eigenvalue weighted by atomic mass is 9.98. The van der Waals surface area contributed by atoms with Crippen molar-refractivity contribution in [3.05, 3.63) is 65.9 Å². The van der Waals surface area contributed by atoms with Gasteiger partial charge in [0, 0.05) is 5.39 Å². The first-order valence-electron chi connectivity index (χ1n) is 7.66. The fraction of sp³-hybridized carbons (Fsp3) is 0.211. The minimum atomic E-state index is -0.993. The standard InChI is InChI=1S/C19H17F2NO2/c1-11(2)19(23)17-14(20)6-4-8-16(17)24-13-9-12-5-3-7-15(21)18(12)22-10-13/h3-11,19,23H,1-2H3. The molecule has 24 heavy (non-hydrogen) atoms.